The maximum Gasteiger partial charge on any atom is 0.414 e. The highest BCUT2D eigenvalue weighted by molar-refractivity contribution is 7.94. The second kappa shape index (κ2) is 7.77. The smallest absolute Gasteiger partial charge is 0.414 e. The fraction of sp³-hybridized carbons (Fsp3) is 0.375. The summed E-state index contributed by atoms with van der Waals surface area (Å²) in [7, 11) is -3.13. The Morgan fingerprint density at radius 1 is 1.30 bits per heavy atom. The minimum absolute atomic E-state index is 0.0105. The summed E-state index contributed by atoms with van der Waals surface area (Å²) in [5.74, 6) is 0.0405. The first-order valence-corrected chi connectivity index (χ1v) is 10.2. The molecule has 27 heavy (non-hydrogen) atoms. The van der Waals surface area contributed by atoms with E-state index in [4.69, 9.17) is 4.74 Å². The van der Waals surface area contributed by atoms with Gasteiger partial charge in [-0.15, -0.1) is 0 Å². The number of benzene rings is 1. The largest absolute Gasteiger partial charge is 0.442 e. The van der Waals surface area contributed by atoms with E-state index in [0.29, 0.717) is 12.2 Å². The quantitative estimate of drug-likeness (QED) is 0.733. The number of sulfone groups is 1. The van der Waals surface area contributed by atoms with Gasteiger partial charge >= 0.3 is 6.09 Å². The van der Waals surface area contributed by atoms with Gasteiger partial charge in [0.15, 0.2) is 9.84 Å². The molecule has 1 fully saturated rings. The molecular formula is C16H17F2N3O4S2. The number of anilines is 2. The molecule has 0 aromatic heterocycles. The van der Waals surface area contributed by atoms with Gasteiger partial charge in [0.1, 0.15) is 11.1 Å². The number of nitrogens with zero attached hydrogens (tertiary/aromatic N) is 2. The molecule has 1 aromatic rings. The Morgan fingerprint density at radius 3 is 2.56 bits per heavy atom. The van der Waals surface area contributed by atoms with Crippen molar-refractivity contribution in [3.63, 3.8) is 0 Å². The molecule has 11 heteroatoms. The van der Waals surface area contributed by atoms with E-state index < -0.39 is 33.4 Å². The van der Waals surface area contributed by atoms with Crippen LogP contribution in [0.15, 0.2) is 35.9 Å². The molecule has 1 unspecified atom stereocenters. The zero-order valence-electron chi connectivity index (χ0n) is 14.0. The molecule has 7 nitrogen and oxygen atoms in total. The third-order valence-corrected chi connectivity index (χ3v) is 5.74. The molecule has 3 rings (SSSR count). The monoisotopic (exact) mass is 417 g/mol. The summed E-state index contributed by atoms with van der Waals surface area (Å²) in [5, 5.41) is 3.56. The summed E-state index contributed by atoms with van der Waals surface area (Å²) < 4.78 is 52.8. The average Bonchev–Trinajstić information content (AvgIpc) is 3.00. The van der Waals surface area contributed by atoms with Crippen LogP contribution in [0.4, 0.5) is 25.0 Å². The number of nitrogens with one attached hydrogen (secondary N) is 1. The highest BCUT2D eigenvalue weighted by Crippen LogP contribution is 2.26. The fourth-order valence-electron chi connectivity index (χ4n) is 2.70. The van der Waals surface area contributed by atoms with Crippen LogP contribution in [0, 0.1) is 0 Å². The summed E-state index contributed by atoms with van der Waals surface area (Å²) in [5.41, 5.74) is 1.38. The van der Waals surface area contributed by atoms with Crippen LogP contribution >= 0.6 is 12.2 Å². The minimum atomic E-state index is -3.13. The van der Waals surface area contributed by atoms with Crippen molar-refractivity contribution in [2.45, 2.75) is 12.5 Å². The summed E-state index contributed by atoms with van der Waals surface area (Å²) in [6.45, 7) is 0.567. The van der Waals surface area contributed by atoms with E-state index in [0.717, 1.165) is 5.69 Å². The summed E-state index contributed by atoms with van der Waals surface area (Å²) in [6.07, 6.45) is -2.41. The molecule has 146 valence electrons. The van der Waals surface area contributed by atoms with E-state index in [1.165, 1.54) is 16.5 Å². The number of amides is 1. The lowest BCUT2D eigenvalue weighted by Gasteiger charge is -2.24. The van der Waals surface area contributed by atoms with E-state index in [9.17, 15) is 22.0 Å². The van der Waals surface area contributed by atoms with Crippen molar-refractivity contribution in [1.82, 2.24) is 5.32 Å². The van der Waals surface area contributed by atoms with Crippen molar-refractivity contribution in [2.24, 2.45) is 0 Å². The van der Waals surface area contributed by atoms with E-state index in [2.05, 4.69) is 17.5 Å². The number of thiocarbonyl (C=S) groups is 1. The lowest BCUT2D eigenvalue weighted by Crippen LogP contribution is -2.36. The average molecular weight is 417 g/mol. The normalized spacial score (nSPS) is 21.4. The molecule has 1 N–H and O–H groups in total. The predicted molar refractivity (Wildman–Crippen MR) is 101 cm³/mol. The molecular weight excluding hydrogens is 400 g/mol. The second-order valence-corrected chi connectivity index (χ2v) is 8.47. The standard InChI is InChI=1S/C16H17F2N3O4S2/c17-14(18)15(26)19-9-13-10-21(16(22)25-13)12-3-1-11(2-4-12)20-5-7-27(23,24)8-6-20/h1-5,7,13-14H,6,8-10H2,(H,19,26). The third kappa shape index (κ3) is 4.72. The van der Waals surface area contributed by atoms with Gasteiger partial charge < -0.3 is 15.0 Å². The summed E-state index contributed by atoms with van der Waals surface area (Å²) in [4.78, 5) is 14.6. The van der Waals surface area contributed by atoms with Crippen LogP contribution in [-0.2, 0) is 14.6 Å². The van der Waals surface area contributed by atoms with Crippen LogP contribution in [0.5, 0.6) is 0 Å². The van der Waals surface area contributed by atoms with Crippen LogP contribution in [0.3, 0.4) is 0 Å². The minimum Gasteiger partial charge on any atom is -0.442 e. The number of carbonyl (C=O) groups excluding carboxylic acids is 1. The van der Waals surface area contributed by atoms with Crippen LogP contribution in [0.1, 0.15) is 0 Å². The van der Waals surface area contributed by atoms with Gasteiger partial charge in [-0.1, -0.05) is 12.2 Å². The SMILES string of the molecule is O=C1OC(CNC(=S)C(F)F)CN1c1ccc(N2C=CS(=O)(=O)CC2)cc1. The maximum absolute atomic E-state index is 12.4. The van der Waals surface area contributed by atoms with Crippen LogP contribution in [0.25, 0.3) is 0 Å². The number of halogens is 2. The number of ether oxygens (including phenoxy) is 1. The van der Waals surface area contributed by atoms with Crippen molar-refractivity contribution in [3.05, 3.63) is 35.9 Å². The van der Waals surface area contributed by atoms with Gasteiger partial charge in [0.05, 0.1) is 18.8 Å². The molecule has 1 saturated heterocycles. The first-order valence-electron chi connectivity index (χ1n) is 8.07. The van der Waals surface area contributed by atoms with Gasteiger partial charge in [0, 0.05) is 29.5 Å². The van der Waals surface area contributed by atoms with Gasteiger partial charge in [-0.3, -0.25) is 4.90 Å². The molecule has 2 aliphatic heterocycles. The summed E-state index contributed by atoms with van der Waals surface area (Å²) >= 11 is 4.49. The Kier molecular flexibility index (Phi) is 5.61. The van der Waals surface area contributed by atoms with Gasteiger partial charge in [0.2, 0.25) is 0 Å². The molecule has 1 aromatic carbocycles. The van der Waals surface area contributed by atoms with Crippen LogP contribution in [0.2, 0.25) is 0 Å². The molecule has 2 heterocycles. The topological polar surface area (TPSA) is 79.0 Å². The van der Waals surface area contributed by atoms with Crippen molar-refractivity contribution in [1.29, 1.82) is 0 Å². The number of hydrogen-bond acceptors (Lipinski definition) is 6. The molecule has 0 saturated carbocycles. The molecule has 0 aliphatic carbocycles. The molecule has 2 aliphatic rings. The van der Waals surface area contributed by atoms with E-state index in [-0.39, 0.29) is 18.8 Å². The lowest BCUT2D eigenvalue weighted by atomic mass is 10.2. The summed E-state index contributed by atoms with van der Waals surface area (Å²) in [6, 6.07) is 6.96. The third-order valence-electron chi connectivity index (χ3n) is 4.13. The number of carbonyl (C=O) groups is 1. The van der Waals surface area contributed by atoms with E-state index >= 15 is 0 Å². The van der Waals surface area contributed by atoms with Gasteiger partial charge in [0.25, 0.3) is 6.43 Å². The molecule has 1 atom stereocenters. The molecule has 1 amide bonds. The van der Waals surface area contributed by atoms with Crippen LogP contribution in [-0.4, -0.2) is 57.4 Å². The number of rotatable bonds is 5. The second-order valence-electron chi connectivity index (χ2n) is 6.02. The predicted octanol–water partition coefficient (Wildman–Crippen LogP) is 1.90. The Balaban J connectivity index is 1.62. The maximum atomic E-state index is 12.4. The van der Waals surface area contributed by atoms with Crippen molar-refractivity contribution in [2.75, 3.05) is 35.2 Å². The van der Waals surface area contributed by atoms with Gasteiger partial charge in [-0.2, -0.15) is 0 Å². The number of alkyl halides is 2. The number of hydrogen-bond donors (Lipinski definition) is 1. The zero-order chi connectivity index (χ0) is 19.6. The van der Waals surface area contributed by atoms with E-state index in [1.54, 1.807) is 29.2 Å². The Hall–Kier alpha value is -2.27. The first-order chi connectivity index (χ1) is 12.7. The van der Waals surface area contributed by atoms with Crippen LogP contribution < -0.4 is 15.1 Å². The highest BCUT2D eigenvalue weighted by Gasteiger charge is 2.32. The molecule has 0 spiro atoms. The number of cyclic esters (lactones) is 1. The van der Waals surface area contributed by atoms with Crippen molar-refractivity contribution in [3.8, 4) is 0 Å². The highest BCUT2D eigenvalue weighted by atomic mass is 32.2. The zero-order valence-corrected chi connectivity index (χ0v) is 15.7. The Bertz CT molecular complexity index is 859. The van der Waals surface area contributed by atoms with E-state index in [1.807, 2.05) is 0 Å². The molecule has 0 bridgehead atoms. The fourth-order valence-corrected chi connectivity index (χ4v) is 3.71. The van der Waals surface area contributed by atoms with Crippen molar-refractivity contribution < 1.29 is 26.7 Å². The Labute approximate surface area is 160 Å². The van der Waals surface area contributed by atoms with Gasteiger partial charge in [-0.05, 0) is 24.3 Å². The Morgan fingerprint density at radius 2 is 1.96 bits per heavy atom. The first kappa shape index (κ1) is 19.5. The lowest BCUT2D eigenvalue weighted by molar-refractivity contribution is 0.142. The van der Waals surface area contributed by atoms with Gasteiger partial charge in [-0.25, -0.2) is 22.0 Å². The van der Waals surface area contributed by atoms with Crippen molar-refractivity contribution >= 4 is 44.5 Å². The molecule has 0 radical (unpaired) electrons.